The number of nitrogens with two attached hydrogens (primary N) is 1. The number of nitrogen functional groups attached to an aromatic ring is 1. The fourth-order valence-corrected chi connectivity index (χ4v) is 4.11. The normalized spacial score (nSPS) is 11.5. The highest BCUT2D eigenvalue weighted by Gasteiger charge is 2.21. The predicted octanol–water partition coefficient (Wildman–Crippen LogP) is 4.62. The van der Waals surface area contributed by atoms with E-state index in [-0.39, 0.29) is 28.1 Å². The molecule has 10 heteroatoms. The summed E-state index contributed by atoms with van der Waals surface area (Å²) in [6.45, 7) is 1.78. The third-order valence-electron chi connectivity index (χ3n) is 5.94. The zero-order valence-electron chi connectivity index (χ0n) is 20.9. The number of rotatable bonds is 5. The van der Waals surface area contributed by atoms with Crippen LogP contribution in [-0.4, -0.2) is 26.6 Å². The zero-order valence-corrected chi connectivity index (χ0v) is 20.9. The Morgan fingerprint density at radius 3 is 2.59 bits per heavy atom. The molecule has 8 nitrogen and oxygen atoms in total. The third-order valence-corrected chi connectivity index (χ3v) is 5.94. The molecule has 0 saturated carbocycles. The lowest BCUT2D eigenvalue weighted by Gasteiger charge is -2.21. The SMILES string of the molecule is COc1cc(F)cc(C#Cc2c(N)ncnc2NC(C)c2nc3cccc(F)c3c(=O)n2-c2ccccc2)c1. The van der Waals surface area contributed by atoms with Crippen molar-refractivity contribution in [3.05, 3.63) is 112 Å². The highest BCUT2D eigenvalue weighted by Crippen LogP contribution is 2.25. The summed E-state index contributed by atoms with van der Waals surface area (Å²) in [4.78, 5) is 26.5. The van der Waals surface area contributed by atoms with Gasteiger partial charge in [-0.1, -0.05) is 36.1 Å². The zero-order chi connectivity index (χ0) is 27.5. The number of para-hydroxylation sites is 1. The summed E-state index contributed by atoms with van der Waals surface area (Å²) in [5.41, 5.74) is 6.95. The molecule has 3 N–H and O–H groups in total. The maximum atomic E-state index is 14.7. The minimum Gasteiger partial charge on any atom is -0.497 e. The van der Waals surface area contributed by atoms with E-state index in [1.165, 1.54) is 42.3 Å². The molecule has 0 amide bonds. The first-order valence-electron chi connectivity index (χ1n) is 11.9. The predicted molar refractivity (Wildman–Crippen MR) is 145 cm³/mol. The Bertz CT molecular complexity index is 1810. The molecular formula is C29H22F2N6O2. The molecule has 0 spiro atoms. The van der Waals surface area contributed by atoms with Gasteiger partial charge in [-0.2, -0.15) is 0 Å². The lowest BCUT2D eigenvalue weighted by molar-refractivity contribution is 0.411. The van der Waals surface area contributed by atoms with Gasteiger partial charge in [0, 0.05) is 11.6 Å². The van der Waals surface area contributed by atoms with Gasteiger partial charge in [-0.25, -0.2) is 23.7 Å². The van der Waals surface area contributed by atoms with Crippen LogP contribution in [0.25, 0.3) is 16.6 Å². The minimum atomic E-state index is -0.656. The molecule has 0 aliphatic carbocycles. The van der Waals surface area contributed by atoms with Crippen LogP contribution in [0.2, 0.25) is 0 Å². The fraction of sp³-hybridized carbons (Fsp3) is 0.103. The van der Waals surface area contributed by atoms with Gasteiger partial charge in [0.1, 0.15) is 52.1 Å². The van der Waals surface area contributed by atoms with Crippen molar-refractivity contribution in [2.45, 2.75) is 13.0 Å². The Morgan fingerprint density at radius 2 is 1.82 bits per heavy atom. The minimum absolute atomic E-state index is 0.101. The highest BCUT2D eigenvalue weighted by atomic mass is 19.1. The van der Waals surface area contributed by atoms with Crippen LogP contribution in [0.5, 0.6) is 5.75 Å². The fourth-order valence-electron chi connectivity index (χ4n) is 4.11. The van der Waals surface area contributed by atoms with Gasteiger partial charge >= 0.3 is 0 Å². The van der Waals surface area contributed by atoms with E-state index in [4.69, 9.17) is 10.5 Å². The summed E-state index contributed by atoms with van der Waals surface area (Å²) in [6.07, 6.45) is 1.27. The Labute approximate surface area is 222 Å². The first-order chi connectivity index (χ1) is 18.9. The molecule has 0 aliphatic rings. The molecule has 2 aromatic heterocycles. The largest absolute Gasteiger partial charge is 0.497 e. The van der Waals surface area contributed by atoms with Gasteiger partial charge in [0.25, 0.3) is 5.56 Å². The summed E-state index contributed by atoms with van der Waals surface area (Å²) in [6, 6.07) is 16.6. The number of nitrogens with zero attached hydrogens (tertiary/aromatic N) is 4. The molecule has 0 saturated heterocycles. The van der Waals surface area contributed by atoms with Crippen molar-refractivity contribution < 1.29 is 13.5 Å². The average Bonchev–Trinajstić information content (AvgIpc) is 2.92. The topological polar surface area (TPSA) is 108 Å². The number of nitrogens with one attached hydrogen (secondary N) is 1. The van der Waals surface area contributed by atoms with Crippen molar-refractivity contribution in [3.8, 4) is 23.3 Å². The second-order valence-electron chi connectivity index (χ2n) is 8.56. The van der Waals surface area contributed by atoms with Crippen molar-refractivity contribution in [1.82, 2.24) is 19.5 Å². The van der Waals surface area contributed by atoms with E-state index in [2.05, 4.69) is 32.1 Å². The van der Waals surface area contributed by atoms with E-state index in [1.54, 1.807) is 43.3 Å². The maximum absolute atomic E-state index is 14.7. The van der Waals surface area contributed by atoms with Gasteiger partial charge in [-0.05, 0) is 43.3 Å². The number of anilines is 2. The number of hydrogen-bond donors (Lipinski definition) is 2. The van der Waals surface area contributed by atoms with Gasteiger partial charge in [0.05, 0.1) is 24.4 Å². The molecule has 0 fully saturated rings. The number of ether oxygens (including phenoxy) is 1. The van der Waals surface area contributed by atoms with E-state index >= 15 is 0 Å². The first-order valence-corrected chi connectivity index (χ1v) is 11.9. The molecule has 1 unspecified atom stereocenters. The van der Waals surface area contributed by atoms with Crippen molar-refractivity contribution in [1.29, 1.82) is 0 Å². The number of aromatic nitrogens is 4. The number of methoxy groups -OCH3 is 1. The summed E-state index contributed by atoms with van der Waals surface area (Å²) in [5, 5.41) is 3.10. The van der Waals surface area contributed by atoms with Gasteiger partial charge in [-0.3, -0.25) is 9.36 Å². The van der Waals surface area contributed by atoms with Gasteiger partial charge in [-0.15, -0.1) is 0 Å². The number of fused-ring (bicyclic) bond motifs is 1. The summed E-state index contributed by atoms with van der Waals surface area (Å²) in [5.74, 6) is 5.63. The molecule has 194 valence electrons. The second-order valence-corrected chi connectivity index (χ2v) is 8.56. The van der Waals surface area contributed by atoms with Crippen LogP contribution in [0.1, 0.15) is 29.9 Å². The van der Waals surface area contributed by atoms with E-state index in [0.717, 1.165) is 0 Å². The van der Waals surface area contributed by atoms with Crippen molar-refractivity contribution in [3.63, 3.8) is 0 Å². The number of halogens is 2. The van der Waals surface area contributed by atoms with Crippen molar-refractivity contribution >= 4 is 22.5 Å². The molecule has 0 aliphatic heterocycles. The monoisotopic (exact) mass is 524 g/mol. The molecule has 3 aromatic carbocycles. The van der Waals surface area contributed by atoms with Crippen molar-refractivity contribution in [2.75, 3.05) is 18.2 Å². The van der Waals surface area contributed by atoms with E-state index in [1.807, 2.05) is 6.07 Å². The molecule has 5 aromatic rings. The number of hydrogen-bond acceptors (Lipinski definition) is 7. The third kappa shape index (κ3) is 5.10. The van der Waals surface area contributed by atoms with E-state index < -0.39 is 23.2 Å². The quantitative estimate of drug-likeness (QED) is 0.323. The summed E-state index contributed by atoms with van der Waals surface area (Å²) in [7, 11) is 1.43. The smallest absolute Gasteiger partial charge is 0.269 e. The summed E-state index contributed by atoms with van der Waals surface area (Å²) >= 11 is 0. The standard InChI is InChI=1S/C29H22F2N6O2/c1-17(28-36-24-10-6-9-23(31)25(24)29(38)37(28)20-7-4-3-5-8-20)35-27-22(26(32)33-16-34-27)12-11-18-13-19(30)15-21(14-18)39-2/h3-10,13-17H,1-2H3,(H3,32,33,34,35). The highest BCUT2D eigenvalue weighted by molar-refractivity contribution is 5.79. The molecule has 39 heavy (non-hydrogen) atoms. The summed E-state index contributed by atoms with van der Waals surface area (Å²) < 4.78 is 35.1. The average molecular weight is 525 g/mol. The van der Waals surface area contributed by atoms with Crippen LogP contribution in [0, 0.1) is 23.5 Å². The molecular weight excluding hydrogens is 502 g/mol. The van der Waals surface area contributed by atoms with E-state index in [0.29, 0.717) is 22.8 Å². The van der Waals surface area contributed by atoms with Crippen LogP contribution >= 0.6 is 0 Å². The van der Waals surface area contributed by atoms with Gasteiger partial charge in [0.15, 0.2) is 0 Å². The Morgan fingerprint density at radius 1 is 1.03 bits per heavy atom. The lowest BCUT2D eigenvalue weighted by atomic mass is 10.1. The molecule has 2 heterocycles. The molecule has 5 rings (SSSR count). The van der Waals surface area contributed by atoms with Crippen LogP contribution in [-0.2, 0) is 0 Å². The van der Waals surface area contributed by atoms with Gasteiger partial charge < -0.3 is 15.8 Å². The number of benzene rings is 3. The first kappa shape index (κ1) is 25.4. The maximum Gasteiger partial charge on any atom is 0.269 e. The molecule has 0 radical (unpaired) electrons. The van der Waals surface area contributed by atoms with E-state index in [9.17, 15) is 13.6 Å². The van der Waals surface area contributed by atoms with Crippen molar-refractivity contribution in [2.24, 2.45) is 0 Å². The van der Waals surface area contributed by atoms with Gasteiger partial charge in [0.2, 0.25) is 0 Å². The molecule has 0 bridgehead atoms. The lowest BCUT2D eigenvalue weighted by Crippen LogP contribution is -2.28. The van der Waals surface area contributed by atoms with Crippen LogP contribution in [0.15, 0.2) is 77.9 Å². The Hall–Kier alpha value is -5.30. The second kappa shape index (κ2) is 10.6. The van der Waals surface area contributed by atoms with Crippen LogP contribution < -0.4 is 21.3 Å². The Balaban J connectivity index is 1.60. The van der Waals surface area contributed by atoms with Crippen LogP contribution in [0.4, 0.5) is 20.4 Å². The van der Waals surface area contributed by atoms with Crippen LogP contribution in [0.3, 0.4) is 0 Å². The molecule has 1 atom stereocenters. The Kier molecular flexibility index (Phi) is 6.89.